The molecule has 1 aliphatic heterocycles. The van der Waals surface area contributed by atoms with Gasteiger partial charge in [0.25, 0.3) is 0 Å². The van der Waals surface area contributed by atoms with Crippen LogP contribution in [0.4, 0.5) is 0 Å². The van der Waals surface area contributed by atoms with Gasteiger partial charge >= 0.3 is 5.97 Å². The summed E-state index contributed by atoms with van der Waals surface area (Å²) in [4.78, 5) is 25.9. The maximum Gasteiger partial charge on any atom is 0.354 e. The normalized spacial score (nSPS) is 23.5. The topological polar surface area (TPSA) is 78.8 Å². The molecule has 0 aromatic heterocycles. The lowest BCUT2D eigenvalue weighted by atomic mass is 10.1. The summed E-state index contributed by atoms with van der Waals surface area (Å²) >= 11 is 0. The highest BCUT2D eigenvalue weighted by Crippen LogP contribution is 2.09. The molecule has 0 bridgehead atoms. The van der Waals surface area contributed by atoms with E-state index in [2.05, 4.69) is 10.3 Å². The second kappa shape index (κ2) is 3.53. The van der Waals surface area contributed by atoms with E-state index in [0.717, 1.165) is 6.08 Å². The van der Waals surface area contributed by atoms with Crippen molar-refractivity contribution >= 4 is 17.6 Å². The zero-order valence-corrected chi connectivity index (χ0v) is 7.68. The van der Waals surface area contributed by atoms with Crippen molar-refractivity contribution in [3.63, 3.8) is 0 Å². The molecule has 0 saturated heterocycles. The quantitative estimate of drug-likeness (QED) is 0.632. The van der Waals surface area contributed by atoms with E-state index in [-0.39, 0.29) is 11.7 Å². The predicted molar refractivity (Wildman–Crippen MR) is 53.4 cm³/mol. The average molecular weight is 204 g/mol. The fourth-order valence-corrected chi connectivity index (χ4v) is 1.36. The van der Waals surface area contributed by atoms with Crippen molar-refractivity contribution in [3.8, 4) is 0 Å². The van der Waals surface area contributed by atoms with Crippen LogP contribution in [0.15, 0.2) is 41.1 Å². The van der Waals surface area contributed by atoms with Gasteiger partial charge in [0.15, 0.2) is 5.70 Å². The Morgan fingerprint density at radius 1 is 1.47 bits per heavy atom. The number of hydrogen-bond donors (Lipinski definition) is 2. The van der Waals surface area contributed by atoms with Crippen LogP contribution in [0, 0.1) is 0 Å². The fraction of sp³-hybridized carbons (Fsp3) is 0.100. The summed E-state index contributed by atoms with van der Waals surface area (Å²) in [6, 6.07) is -0.337. The van der Waals surface area contributed by atoms with E-state index in [1.54, 1.807) is 24.3 Å². The van der Waals surface area contributed by atoms with Gasteiger partial charge in [0.2, 0.25) is 5.91 Å². The van der Waals surface area contributed by atoms with Crippen LogP contribution in [0.2, 0.25) is 0 Å². The molecule has 2 N–H and O–H groups in total. The Hall–Kier alpha value is -2.17. The van der Waals surface area contributed by atoms with E-state index < -0.39 is 11.9 Å². The van der Waals surface area contributed by atoms with Crippen molar-refractivity contribution in [1.82, 2.24) is 5.32 Å². The lowest BCUT2D eigenvalue weighted by molar-refractivity contribution is -0.133. The Labute approximate surface area is 85.5 Å². The number of carbonyl (C=O) groups is 2. The first kappa shape index (κ1) is 9.39. The highest BCUT2D eigenvalue weighted by atomic mass is 16.4. The number of rotatable bonds is 1. The number of hydrogen-bond acceptors (Lipinski definition) is 3. The third-order valence-electron chi connectivity index (χ3n) is 2.03. The minimum Gasteiger partial charge on any atom is -0.477 e. The number of amides is 1. The van der Waals surface area contributed by atoms with Crippen LogP contribution in [-0.4, -0.2) is 28.7 Å². The SMILES string of the molecule is O=C1C=C(C(=O)O)N=C2C=CC=CC2N1. The first-order chi connectivity index (χ1) is 7.16. The molecule has 1 aliphatic carbocycles. The molecule has 1 amide bonds. The molecule has 15 heavy (non-hydrogen) atoms. The molecule has 76 valence electrons. The van der Waals surface area contributed by atoms with E-state index in [0.29, 0.717) is 5.71 Å². The monoisotopic (exact) mass is 204 g/mol. The minimum atomic E-state index is -1.21. The molecule has 1 heterocycles. The number of aliphatic carboxylic acids is 1. The Bertz CT molecular complexity index is 444. The highest BCUT2D eigenvalue weighted by molar-refractivity contribution is 6.10. The Morgan fingerprint density at radius 2 is 2.27 bits per heavy atom. The maximum atomic E-state index is 11.3. The van der Waals surface area contributed by atoms with Gasteiger partial charge in [0, 0.05) is 6.08 Å². The molecule has 0 aromatic rings. The summed E-state index contributed by atoms with van der Waals surface area (Å²) in [5, 5.41) is 11.4. The summed E-state index contributed by atoms with van der Waals surface area (Å²) in [7, 11) is 0. The smallest absolute Gasteiger partial charge is 0.354 e. The van der Waals surface area contributed by atoms with Gasteiger partial charge in [-0.25, -0.2) is 9.79 Å². The molecule has 0 spiro atoms. The second-order valence-electron chi connectivity index (χ2n) is 3.10. The molecule has 0 fully saturated rings. The standard InChI is InChI=1S/C10H8N2O3/c13-9-5-8(10(14)15)11-6-3-1-2-4-7(6)12-9/h1-5,7H,(H,12,13)(H,14,15). The number of allylic oxidation sites excluding steroid dienone is 2. The van der Waals surface area contributed by atoms with Gasteiger partial charge in [-0.3, -0.25) is 4.79 Å². The minimum absolute atomic E-state index is 0.245. The summed E-state index contributed by atoms with van der Waals surface area (Å²) < 4.78 is 0. The van der Waals surface area contributed by atoms with Gasteiger partial charge in [-0.2, -0.15) is 0 Å². The number of carbonyl (C=O) groups excluding carboxylic acids is 1. The van der Waals surface area contributed by atoms with E-state index in [1.807, 2.05) is 0 Å². The zero-order valence-electron chi connectivity index (χ0n) is 7.68. The van der Waals surface area contributed by atoms with E-state index in [1.165, 1.54) is 0 Å². The third kappa shape index (κ3) is 1.85. The Balaban J connectivity index is 2.42. The van der Waals surface area contributed by atoms with Crippen LogP contribution in [0.25, 0.3) is 0 Å². The molecule has 5 nitrogen and oxygen atoms in total. The molecule has 0 saturated carbocycles. The Morgan fingerprint density at radius 3 is 3.00 bits per heavy atom. The lowest BCUT2D eigenvalue weighted by Crippen LogP contribution is -2.37. The molecule has 0 aromatic carbocycles. The number of nitrogens with zero attached hydrogens (tertiary/aromatic N) is 1. The molecular weight excluding hydrogens is 196 g/mol. The van der Waals surface area contributed by atoms with E-state index >= 15 is 0 Å². The first-order valence-electron chi connectivity index (χ1n) is 4.36. The van der Waals surface area contributed by atoms with Crippen molar-refractivity contribution in [2.75, 3.05) is 0 Å². The largest absolute Gasteiger partial charge is 0.477 e. The van der Waals surface area contributed by atoms with Gasteiger partial charge in [0.05, 0.1) is 11.8 Å². The number of nitrogens with one attached hydrogen (secondary N) is 1. The van der Waals surface area contributed by atoms with E-state index in [9.17, 15) is 9.59 Å². The van der Waals surface area contributed by atoms with Gasteiger partial charge < -0.3 is 10.4 Å². The van der Waals surface area contributed by atoms with Crippen LogP contribution in [-0.2, 0) is 9.59 Å². The molecule has 1 unspecified atom stereocenters. The van der Waals surface area contributed by atoms with Gasteiger partial charge in [0.1, 0.15) is 0 Å². The van der Waals surface area contributed by atoms with Crippen LogP contribution in [0.5, 0.6) is 0 Å². The van der Waals surface area contributed by atoms with Gasteiger partial charge in [-0.15, -0.1) is 0 Å². The van der Waals surface area contributed by atoms with Crippen molar-refractivity contribution in [2.24, 2.45) is 4.99 Å². The summed E-state index contributed by atoms with van der Waals surface area (Å²) in [5.41, 5.74) is 0.280. The van der Waals surface area contributed by atoms with Crippen LogP contribution in [0.1, 0.15) is 0 Å². The van der Waals surface area contributed by atoms with Gasteiger partial charge in [-0.1, -0.05) is 18.2 Å². The van der Waals surface area contributed by atoms with Crippen LogP contribution in [0.3, 0.4) is 0 Å². The number of aliphatic imine (C=N–C) groups is 1. The predicted octanol–water partition coefficient (Wildman–Crippen LogP) is 0.0203. The summed E-state index contributed by atoms with van der Waals surface area (Å²) in [5.74, 6) is -1.66. The van der Waals surface area contributed by atoms with Crippen molar-refractivity contribution in [1.29, 1.82) is 0 Å². The second-order valence-corrected chi connectivity index (χ2v) is 3.10. The number of carboxylic acid groups (broad SMARTS) is 1. The Kier molecular flexibility index (Phi) is 2.21. The lowest BCUT2D eigenvalue weighted by Gasteiger charge is -2.14. The molecule has 1 atom stereocenters. The maximum absolute atomic E-state index is 11.3. The zero-order chi connectivity index (χ0) is 10.8. The van der Waals surface area contributed by atoms with E-state index in [4.69, 9.17) is 5.11 Å². The van der Waals surface area contributed by atoms with Crippen LogP contribution >= 0.6 is 0 Å². The average Bonchev–Trinajstić information content (AvgIpc) is 2.35. The molecule has 5 heteroatoms. The van der Waals surface area contributed by atoms with Crippen molar-refractivity contribution in [2.45, 2.75) is 6.04 Å². The van der Waals surface area contributed by atoms with Gasteiger partial charge in [-0.05, 0) is 6.08 Å². The van der Waals surface area contributed by atoms with Crippen molar-refractivity contribution in [3.05, 3.63) is 36.1 Å². The van der Waals surface area contributed by atoms with Crippen LogP contribution < -0.4 is 5.32 Å². The molecule has 2 aliphatic rings. The number of fused-ring (bicyclic) bond motifs is 1. The molecule has 2 rings (SSSR count). The number of carboxylic acids is 1. The first-order valence-corrected chi connectivity index (χ1v) is 4.36. The fourth-order valence-electron chi connectivity index (χ4n) is 1.36. The molecular formula is C10H8N2O3. The highest BCUT2D eigenvalue weighted by Gasteiger charge is 2.21. The summed E-state index contributed by atoms with van der Waals surface area (Å²) in [6.07, 6.45) is 7.92. The summed E-state index contributed by atoms with van der Waals surface area (Å²) in [6.45, 7) is 0. The molecule has 0 radical (unpaired) electrons. The third-order valence-corrected chi connectivity index (χ3v) is 2.03. The van der Waals surface area contributed by atoms with Crippen molar-refractivity contribution < 1.29 is 14.7 Å².